The van der Waals surface area contributed by atoms with Gasteiger partial charge in [0, 0.05) is 44.9 Å². The van der Waals surface area contributed by atoms with E-state index in [9.17, 15) is 14.0 Å². The smallest absolute Gasteiger partial charge is 0.317 e. The summed E-state index contributed by atoms with van der Waals surface area (Å²) in [5, 5.41) is 3.01. The van der Waals surface area contributed by atoms with Gasteiger partial charge in [-0.05, 0) is 56.9 Å². The molecule has 0 atom stereocenters. The van der Waals surface area contributed by atoms with Crippen molar-refractivity contribution in [2.45, 2.75) is 38.2 Å². The zero-order chi connectivity index (χ0) is 19.3. The maximum absolute atomic E-state index is 13.0. The van der Waals surface area contributed by atoms with E-state index in [1.54, 1.807) is 9.80 Å². The Morgan fingerprint density at radius 3 is 2.37 bits per heavy atom. The number of nitrogens with one attached hydrogen (secondary N) is 1. The molecule has 1 heterocycles. The van der Waals surface area contributed by atoms with Crippen LogP contribution in [0.5, 0.6) is 0 Å². The molecule has 1 aromatic rings. The van der Waals surface area contributed by atoms with Gasteiger partial charge >= 0.3 is 6.03 Å². The van der Waals surface area contributed by atoms with Crippen LogP contribution in [-0.4, -0.2) is 66.7 Å². The van der Waals surface area contributed by atoms with Gasteiger partial charge in [0.15, 0.2) is 0 Å². The molecule has 1 aromatic carbocycles. The van der Waals surface area contributed by atoms with E-state index in [0.29, 0.717) is 44.9 Å². The van der Waals surface area contributed by atoms with E-state index in [2.05, 4.69) is 5.32 Å². The lowest BCUT2D eigenvalue weighted by Gasteiger charge is -2.41. The quantitative estimate of drug-likeness (QED) is 0.858. The van der Waals surface area contributed by atoms with Crippen LogP contribution in [0, 0.1) is 5.82 Å². The molecule has 0 spiro atoms. The van der Waals surface area contributed by atoms with E-state index in [1.165, 1.54) is 24.3 Å². The van der Waals surface area contributed by atoms with E-state index in [1.807, 2.05) is 6.92 Å². The van der Waals surface area contributed by atoms with E-state index >= 15 is 0 Å². The average Bonchev–Trinajstić information content (AvgIpc) is 2.90. The first-order chi connectivity index (χ1) is 13.0. The van der Waals surface area contributed by atoms with Crippen molar-refractivity contribution < 1.29 is 18.7 Å². The minimum atomic E-state index is -0.360. The fraction of sp³-hybridized carbons (Fsp3) is 0.600. The monoisotopic (exact) mass is 377 g/mol. The second-order valence-electron chi connectivity index (χ2n) is 7.27. The van der Waals surface area contributed by atoms with Crippen molar-refractivity contribution in [1.82, 2.24) is 15.1 Å². The van der Waals surface area contributed by atoms with Crippen LogP contribution in [0.3, 0.4) is 0 Å². The molecule has 0 unspecified atom stereocenters. The van der Waals surface area contributed by atoms with Crippen molar-refractivity contribution >= 4 is 11.9 Å². The lowest BCUT2D eigenvalue weighted by molar-refractivity contribution is -0.0908. The summed E-state index contributed by atoms with van der Waals surface area (Å²) in [4.78, 5) is 28.6. The molecule has 1 saturated heterocycles. The number of rotatable bonds is 5. The molecule has 7 heteroatoms. The van der Waals surface area contributed by atoms with E-state index in [4.69, 9.17) is 4.74 Å². The summed E-state index contributed by atoms with van der Waals surface area (Å²) in [6, 6.07) is 5.48. The Balaban J connectivity index is 1.51. The van der Waals surface area contributed by atoms with Crippen LogP contribution in [0.4, 0.5) is 9.18 Å². The Morgan fingerprint density at radius 1 is 1.07 bits per heavy atom. The number of carbonyl (C=O) groups excluding carboxylic acids is 2. The standard InChI is InChI=1S/C20H28FN3O3/c1-2-27-20(9-3-10-20)15-22-19(26)24-12-4-11-23(13-14-24)18(25)16-5-7-17(21)8-6-16/h5-8H,2-4,9-15H2,1H3,(H,22,26). The minimum absolute atomic E-state index is 0.0999. The summed E-state index contributed by atoms with van der Waals surface area (Å²) in [5.41, 5.74) is 0.277. The van der Waals surface area contributed by atoms with Crippen LogP contribution < -0.4 is 5.32 Å². The molecule has 1 saturated carbocycles. The van der Waals surface area contributed by atoms with Crippen molar-refractivity contribution in [3.05, 3.63) is 35.6 Å². The molecule has 2 fully saturated rings. The molecule has 27 heavy (non-hydrogen) atoms. The molecule has 6 nitrogen and oxygen atoms in total. The van der Waals surface area contributed by atoms with Crippen LogP contribution in [0.25, 0.3) is 0 Å². The lowest BCUT2D eigenvalue weighted by Crippen LogP contribution is -2.53. The summed E-state index contributed by atoms with van der Waals surface area (Å²) < 4.78 is 18.9. The molecular weight excluding hydrogens is 349 g/mol. The normalized spacial score (nSPS) is 19.2. The number of hydrogen-bond donors (Lipinski definition) is 1. The number of benzene rings is 1. The van der Waals surface area contributed by atoms with Crippen LogP contribution in [0.1, 0.15) is 43.0 Å². The number of hydrogen-bond acceptors (Lipinski definition) is 3. The zero-order valence-electron chi connectivity index (χ0n) is 15.9. The van der Waals surface area contributed by atoms with Crippen molar-refractivity contribution in [2.24, 2.45) is 0 Å². The molecule has 1 N–H and O–H groups in total. The van der Waals surface area contributed by atoms with Gasteiger partial charge in [-0.1, -0.05) is 0 Å². The SMILES string of the molecule is CCOC1(CNC(=O)N2CCCN(C(=O)c3ccc(F)cc3)CC2)CCC1. The van der Waals surface area contributed by atoms with Gasteiger partial charge in [-0.25, -0.2) is 9.18 Å². The molecule has 0 bridgehead atoms. The first kappa shape index (κ1) is 19.6. The molecule has 1 aliphatic heterocycles. The second-order valence-corrected chi connectivity index (χ2v) is 7.27. The number of amides is 3. The Hall–Kier alpha value is -2.15. The van der Waals surface area contributed by atoms with Crippen molar-refractivity contribution in [3.63, 3.8) is 0 Å². The first-order valence-electron chi connectivity index (χ1n) is 9.74. The van der Waals surface area contributed by atoms with E-state index in [-0.39, 0.29) is 23.4 Å². The number of nitrogens with zero attached hydrogens (tertiary/aromatic N) is 2. The molecule has 0 aromatic heterocycles. The Kier molecular flexibility index (Phi) is 6.31. The Bertz CT molecular complexity index is 661. The van der Waals surface area contributed by atoms with Gasteiger partial charge in [0.25, 0.3) is 5.91 Å². The van der Waals surface area contributed by atoms with Gasteiger partial charge < -0.3 is 19.9 Å². The number of ether oxygens (including phenoxy) is 1. The highest BCUT2D eigenvalue weighted by atomic mass is 19.1. The van der Waals surface area contributed by atoms with Gasteiger partial charge in [-0.3, -0.25) is 4.79 Å². The topological polar surface area (TPSA) is 61.9 Å². The maximum atomic E-state index is 13.0. The van der Waals surface area contributed by atoms with Gasteiger partial charge in [-0.15, -0.1) is 0 Å². The second kappa shape index (κ2) is 8.69. The third-order valence-electron chi connectivity index (χ3n) is 5.44. The highest BCUT2D eigenvalue weighted by Crippen LogP contribution is 2.34. The Morgan fingerprint density at radius 2 is 1.74 bits per heavy atom. The maximum Gasteiger partial charge on any atom is 0.317 e. The van der Waals surface area contributed by atoms with E-state index < -0.39 is 0 Å². The predicted octanol–water partition coefficient (Wildman–Crippen LogP) is 2.64. The van der Waals surface area contributed by atoms with Crippen molar-refractivity contribution in [2.75, 3.05) is 39.3 Å². The Labute approximate surface area is 159 Å². The van der Waals surface area contributed by atoms with Crippen LogP contribution >= 0.6 is 0 Å². The highest BCUT2D eigenvalue weighted by Gasteiger charge is 2.38. The van der Waals surface area contributed by atoms with E-state index in [0.717, 1.165) is 25.7 Å². The molecule has 2 aliphatic rings. The zero-order valence-corrected chi connectivity index (χ0v) is 15.9. The fourth-order valence-corrected chi connectivity index (χ4v) is 3.70. The third-order valence-corrected chi connectivity index (χ3v) is 5.44. The summed E-state index contributed by atoms with van der Waals surface area (Å²) >= 11 is 0. The van der Waals surface area contributed by atoms with Crippen molar-refractivity contribution in [1.29, 1.82) is 0 Å². The molecule has 3 rings (SSSR count). The minimum Gasteiger partial charge on any atom is -0.373 e. The number of halogens is 1. The molecule has 1 aliphatic carbocycles. The molecule has 3 amide bonds. The largest absolute Gasteiger partial charge is 0.373 e. The lowest BCUT2D eigenvalue weighted by atomic mass is 9.80. The highest BCUT2D eigenvalue weighted by molar-refractivity contribution is 5.94. The number of carbonyl (C=O) groups is 2. The van der Waals surface area contributed by atoms with Crippen LogP contribution in [0.15, 0.2) is 24.3 Å². The number of urea groups is 1. The summed E-state index contributed by atoms with van der Waals surface area (Å²) in [6.07, 6.45) is 3.83. The van der Waals surface area contributed by atoms with Crippen molar-refractivity contribution in [3.8, 4) is 0 Å². The summed E-state index contributed by atoms with van der Waals surface area (Å²) in [6.45, 7) is 5.32. The summed E-state index contributed by atoms with van der Waals surface area (Å²) in [7, 11) is 0. The van der Waals surface area contributed by atoms with Crippen LogP contribution in [0.2, 0.25) is 0 Å². The predicted molar refractivity (Wildman–Crippen MR) is 100 cm³/mol. The molecule has 148 valence electrons. The van der Waals surface area contributed by atoms with Gasteiger partial charge in [-0.2, -0.15) is 0 Å². The van der Waals surface area contributed by atoms with Gasteiger partial charge in [0.1, 0.15) is 5.82 Å². The van der Waals surface area contributed by atoms with Gasteiger partial charge in [0.2, 0.25) is 0 Å². The molecular formula is C20H28FN3O3. The van der Waals surface area contributed by atoms with Gasteiger partial charge in [0.05, 0.1) is 5.60 Å². The average molecular weight is 377 g/mol. The third kappa shape index (κ3) is 4.77. The summed E-state index contributed by atoms with van der Waals surface area (Å²) in [5.74, 6) is -0.483. The van der Waals surface area contributed by atoms with Crippen LogP contribution in [-0.2, 0) is 4.74 Å². The molecule has 0 radical (unpaired) electrons. The fourth-order valence-electron chi connectivity index (χ4n) is 3.70. The first-order valence-corrected chi connectivity index (χ1v) is 9.74.